The van der Waals surface area contributed by atoms with Gasteiger partial charge < -0.3 is 4.74 Å². The highest BCUT2D eigenvalue weighted by Crippen LogP contribution is 2.27. The number of hydrogen-bond acceptors (Lipinski definition) is 1. The van der Waals surface area contributed by atoms with Gasteiger partial charge in [0.05, 0.1) is 12.9 Å². The van der Waals surface area contributed by atoms with Gasteiger partial charge in [0, 0.05) is 6.42 Å². The molecule has 0 radical (unpaired) electrons. The Morgan fingerprint density at radius 2 is 2.13 bits per heavy atom. The predicted molar refractivity (Wildman–Crippen MR) is 63.4 cm³/mol. The summed E-state index contributed by atoms with van der Waals surface area (Å²) in [6, 6.07) is 0. The summed E-state index contributed by atoms with van der Waals surface area (Å²) in [4.78, 5) is 0. The van der Waals surface area contributed by atoms with E-state index in [9.17, 15) is 0 Å². The van der Waals surface area contributed by atoms with Gasteiger partial charge in [0.2, 0.25) is 0 Å². The molecule has 1 heteroatoms. The fourth-order valence-corrected chi connectivity index (χ4v) is 1.98. The minimum absolute atomic E-state index is 0.684. The SMILES string of the molecule is COC1=CC(C2=CCC(C)C=C2)=CCC1. The van der Waals surface area contributed by atoms with Crippen LogP contribution in [0.3, 0.4) is 0 Å². The Balaban J connectivity index is 2.15. The molecule has 0 bridgehead atoms. The highest BCUT2D eigenvalue weighted by molar-refractivity contribution is 5.49. The number of ether oxygens (including phenoxy) is 1. The third-order valence-corrected chi connectivity index (χ3v) is 2.98. The quantitative estimate of drug-likeness (QED) is 0.662. The van der Waals surface area contributed by atoms with Crippen molar-refractivity contribution in [2.45, 2.75) is 26.2 Å². The number of allylic oxidation sites excluding steroid dienone is 8. The van der Waals surface area contributed by atoms with Crippen LogP contribution in [0.4, 0.5) is 0 Å². The largest absolute Gasteiger partial charge is 0.501 e. The van der Waals surface area contributed by atoms with Crippen LogP contribution in [0.5, 0.6) is 0 Å². The Morgan fingerprint density at radius 1 is 1.27 bits per heavy atom. The van der Waals surface area contributed by atoms with Gasteiger partial charge in [-0.3, -0.25) is 0 Å². The molecule has 0 aromatic heterocycles. The summed E-state index contributed by atoms with van der Waals surface area (Å²) in [6.07, 6.45) is 14.6. The number of hydrogen-bond donors (Lipinski definition) is 0. The summed E-state index contributed by atoms with van der Waals surface area (Å²) in [7, 11) is 1.75. The molecular formula is C14H18O. The van der Waals surface area contributed by atoms with Crippen molar-refractivity contribution in [3.63, 3.8) is 0 Å². The molecular weight excluding hydrogens is 184 g/mol. The van der Waals surface area contributed by atoms with E-state index < -0.39 is 0 Å². The lowest BCUT2D eigenvalue weighted by Gasteiger charge is -2.17. The van der Waals surface area contributed by atoms with Crippen LogP contribution in [-0.4, -0.2) is 7.11 Å². The zero-order valence-electron chi connectivity index (χ0n) is 9.49. The molecule has 2 rings (SSSR count). The van der Waals surface area contributed by atoms with Crippen LogP contribution in [-0.2, 0) is 4.74 Å². The molecule has 0 aromatic rings. The second-order valence-electron chi connectivity index (χ2n) is 4.24. The average Bonchev–Trinajstić information content (AvgIpc) is 2.30. The van der Waals surface area contributed by atoms with Gasteiger partial charge in [-0.05, 0) is 36.0 Å². The van der Waals surface area contributed by atoms with Crippen LogP contribution in [0.25, 0.3) is 0 Å². The first-order valence-electron chi connectivity index (χ1n) is 5.63. The zero-order valence-corrected chi connectivity index (χ0v) is 9.49. The second kappa shape index (κ2) is 4.52. The molecule has 80 valence electrons. The third kappa shape index (κ3) is 2.41. The van der Waals surface area contributed by atoms with E-state index in [2.05, 4.69) is 37.3 Å². The van der Waals surface area contributed by atoms with Gasteiger partial charge >= 0.3 is 0 Å². The summed E-state index contributed by atoms with van der Waals surface area (Å²) in [6.45, 7) is 2.25. The standard InChI is InChI=1S/C14H18O/c1-11-6-8-12(9-7-11)13-4-3-5-14(10-13)15-2/h4,6,8-11H,3,5,7H2,1-2H3. The summed E-state index contributed by atoms with van der Waals surface area (Å²) in [5.74, 6) is 1.78. The van der Waals surface area contributed by atoms with Crippen molar-refractivity contribution in [1.29, 1.82) is 0 Å². The van der Waals surface area contributed by atoms with Crippen molar-refractivity contribution in [3.05, 3.63) is 47.3 Å². The van der Waals surface area contributed by atoms with E-state index in [0.29, 0.717) is 5.92 Å². The molecule has 0 saturated carbocycles. The summed E-state index contributed by atoms with van der Waals surface area (Å²) in [5, 5.41) is 0. The van der Waals surface area contributed by atoms with Crippen molar-refractivity contribution < 1.29 is 4.74 Å². The maximum Gasteiger partial charge on any atom is 0.0964 e. The predicted octanol–water partition coefficient (Wildman–Crippen LogP) is 3.76. The molecule has 0 fully saturated rings. The van der Waals surface area contributed by atoms with Crippen LogP contribution in [0, 0.1) is 5.92 Å². The minimum atomic E-state index is 0.684. The highest BCUT2D eigenvalue weighted by Gasteiger charge is 2.10. The molecule has 2 aliphatic rings. The molecule has 2 aliphatic carbocycles. The molecule has 0 aliphatic heterocycles. The van der Waals surface area contributed by atoms with Gasteiger partial charge in [0.15, 0.2) is 0 Å². The van der Waals surface area contributed by atoms with Gasteiger partial charge in [-0.25, -0.2) is 0 Å². The molecule has 1 atom stereocenters. The van der Waals surface area contributed by atoms with Crippen molar-refractivity contribution in [3.8, 4) is 0 Å². The third-order valence-electron chi connectivity index (χ3n) is 2.98. The Bertz CT molecular complexity index is 356. The lowest BCUT2D eigenvalue weighted by atomic mass is 9.91. The first kappa shape index (κ1) is 10.3. The van der Waals surface area contributed by atoms with E-state index in [1.807, 2.05) is 0 Å². The van der Waals surface area contributed by atoms with Gasteiger partial charge in [-0.1, -0.05) is 31.2 Å². The summed E-state index contributed by atoms with van der Waals surface area (Å²) < 4.78 is 5.30. The topological polar surface area (TPSA) is 9.23 Å². The highest BCUT2D eigenvalue weighted by atomic mass is 16.5. The molecule has 15 heavy (non-hydrogen) atoms. The summed E-state index contributed by atoms with van der Waals surface area (Å²) >= 11 is 0. The van der Waals surface area contributed by atoms with E-state index in [1.54, 1.807) is 7.11 Å². The van der Waals surface area contributed by atoms with Crippen LogP contribution < -0.4 is 0 Å². The van der Waals surface area contributed by atoms with E-state index in [-0.39, 0.29) is 0 Å². The maximum absolute atomic E-state index is 5.30. The fraction of sp³-hybridized carbons (Fsp3) is 0.429. The van der Waals surface area contributed by atoms with Gasteiger partial charge in [0.1, 0.15) is 0 Å². The maximum atomic E-state index is 5.30. The molecule has 0 aromatic carbocycles. The van der Waals surface area contributed by atoms with Gasteiger partial charge in [-0.15, -0.1) is 0 Å². The van der Waals surface area contributed by atoms with Gasteiger partial charge in [-0.2, -0.15) is 0 Å². The lowest BCUT2D eigenvalue weighted by Crippen LogP contribution is -2.00. The van der Waals surface area contributed by atoms with E-state index in [0.717, 1.165) is 25.0 Å². The molecule has 0 amide bonds. The number of rotatable bonds is 2. The molecule has 0 heterocycles. The van der Waals surface area contributed by atoms with Crippen LogP contribution in [0.15, 0.2) is 47.3 Å². The lowest BCUT2D eigenvalue weighted by molar-refractivity contribution is 0.276. The first-order chi connectivity index (χ1) is 7.29. The van der Waals surface area contributed by atoms with Crippen molar-refractivity contribution in [1.82, 2.24) is 0 Å². The molecule has 0 saturated heterocycles. The average molecular weight is 202 g/mol. The first-order valence-corrected chi connectivity index (χ1v) is 5.63. The Morgan fingerprint density at radius 3 is 2.80 bits per heavy atom. The smallest absolute Gasteiger partial charge is 0.0964 e. The Hall–Kier alpha value is -1.24. The van der Waals surface area contributed by atoms with Crippen molar-refractivity contribution in [2.75, 3.05) is 7.11 Å². The van der Waals surface area contributed by atoms with Crippen molar-refractivity contribution >= 4 is 0 Å². The molecule has 0 spiro atoms. The Kier molecular flexibility index (Phi) is 3.10. The van der Waals surface area contributed by atoms with Crippen LogP contribution in [0.1, 0.15) is 26.2 Å². The normalized spacial score (nSPS) is 25.5. The van der Waals surface area contributed by atoms with Crippen molar-refractivity contribution in [2.24, 2.45) is 5.92 Å². The van der Waals surface area contributed by atoms with E-state index >= 15 is 0 Å². The second-order valence-corrected chi connectivity index (χ2v) is 4.24. The zero-order chi connectivity index (χ0) is 10.7. The monoisotopic (exact) mass is 202 g/mol. The van der Waals surface area contributed by atoms with Crippen LogP contribution >= 0.6 is 0 Å². The molecule has 1 unspecified atom stereocenters. The van der Waals surface area contributed by atoms with E-state index in [1.165, 1.54) is 11.1 Å². The minimum Gasteiger partial charge on any atom is -0.501 e. The fourth-order valence-electron chi connectivity index (χ4n) is 1.98. The Labute approximate surface area is 91.8 Å². The number of methoxy groups -OCH3 is 1. The molecule has 0 N–H and O–H groups in total. The summed E-state index contributed by atoms with van der Waals surface area (Å²) in [5.41, 5.74) is 2.67. The van der Waals surface area contributed by atoms with Gasteiger partial charge in [0.25, 0.3) is 0 Å². The van der Waals surface area contributed by atoms with E-state index in [4.69, 9.17) is 4.74 Å². The molecule has 1 nitrogen and oxygen atoms in total. The van der Waals surface area contributed by atoms with Crippen LogP contribution in [0.2, 0.25) is 0 Å².